The van der Waals surface area contributed by atoms with Crippen LogP contribution in [-0.2, 0) is 0 Å². The molecule has 29 heavy (non-hydrogen) atoms. The summed E-state index contributed by atoms with van der Waals surface area (Å²) in [7, 11) is 0. The maximum atomic E-state index is 14.1. The lowest BCUT2D eigenvalue weighted by molar-refractivity contribution is -0.385. The fraction of sp³-hybridized carbons (Fsp3) is 0.150. The van der Waals surface area contributed by atoms with Crippen LogP contribution in [0.2, 0.25) is 0 Å². The van der Waals surface area contributed by atoms with Crippen LogP contribution in [0.1, 0.15) is 29.8 Å². The predicted octanol–water partition coefficient (Wildman–Crippen LogP) is 4.62. The maximum Gasteiger partial charge on any atom is 0.287 e. The number of rotatable bonds is 4. The Kier molecular flexibility index (Phi) is 4.81. The molecule has 0 saturated carbocycles. The average Bonchev–Trinajstić information content (AvgIpc) is 2.69. The second kappa shape index (κ2) is 7.44. The molecule has 2 aromatic carbocycles. The Morgan fingerprint density at radius 2 is 1.93 bits per heavy atom. The summed E-state index contributed by atoms with van der Waals surface area (Å²) >= 11 is 0. The first-order valence-corrected chi connectivity index (χ1v) is 8.63. The van der Waals surface area contributed by atoms with Crippen molar-refractivity contribution in [2.75, 3.05) is 0 Å². The summed E-state index contributed by atoms with van der Waals surface area (Å²) in [6.45, 7) is 0. The SMILES string of the molecule is O=[N+]([O-])c1ccc(Oc2ccc3c(c2)C(O)CC(c2c(F)cccc2F)O3)nc1. The van der Waals surface area contributed by atoms with Gasteiger partial charge in [0, 0.05) is 24.1 Å². The standard InChI is InChI=1S/C20H14F2N2O5/c21-14-2-1-3-15(22)20(14)18-9-16(25)13-8-12(5-6-17(13)29-18)28-19-7-4-11(10-23-19)24(26)27/h1-8,10,16,18,25H,9H2. The van der Waals surface area contributed by atoms with Crippen LogP contribution in [0.5, 0.6) is 17.4 Å². The first-order chi connectivity index (χ1) is 13.9. The Labute approximate surface area is 163 Å². The van der Waals surface area contributed by atoms with Crippen molar-refractivity contribution in [3.05, 3.63) is 87.6 Å². The van der Waals surface area contributed by atoms with Crippen molar-refractivity contribution in [1.82, 2.24) is 4.98 Å². The third kappa shape index (κ3) is 3.72. The van der Waals surface area contributed by atoms with Crippen LogP contribution in [0.4, 0.5) is 14.5 Å². The van der Waals surface area contributed by atoms with E-state index in [-0.39, 0.29) is 29.3 Å². The minimum atomic E-state index is -1.03. The number of benzene rings is 2. The highest BCUT2D eigenvalue weighted by atomic mass is 19.1. The van der Waals surface area contributed by atoms with Crippen molar-refractivity contribution >= 4 is 5.69 Å². The monoisotopic (exact) mass is 400 g/mol. The fourth-order valence-electron chi connectivity index (χ4n) is 3.15. The molecule has 148 valence electrons. The van der Waals surface area contributed by atoms with E-state index in [1.807, 2.05) is 0 Å². The Bertz CT molecular complexity index is 1050. The van der Waals surface area contributed by atoms with Crippen molar-refractivity contribution in [3.8, 4) is 17.4 Å². The summed E-state index contributed by atoms with van der Waals surface area (Å²) < 4.78 is 39.4. The summed E-state index contributed by atoms with van der Waals surface area (Å²) in [5.74, 6) is -0.749. The molecule has 1 N–H and O–H groups in total. The van der Waals surface area contributed by atoms with Crippen molar-refractivity contribution in [2.45, 2.75) is 18.6 Å². The molecule has 2 atom stereocenters. The number of pyridine rings is 1. The number of nitro groups is 1. The van der Waals surface area contributed by atoms with Gasteiger partial charge < -0.3 is 14.6 Å². The van der Waals surface area contributed by atoms with Crippen LogP contribution in [0.15, 0.2) is 54.7 Å². The van der Waals surface area contributed by atoms with E-state index in [1.54, 1.807) is 0 Å². The zero-order chi connectivity index (χ0) is 20.5. The van der Waals surface area contributed by atoms with Gasteiger partial charge in [-0.3, -0.25) is 10.1 Å². The predicted molar refractivity (Wildman–Crippen MR) is 96.7 cm³/mol. The van der Waals surface area contributed by atoms with Gasteiger partial charge in [0.1, 0.15) is 35.4 Å². The van der Waals surface area contributed by atoms with Crippen LogP contribution >= 0.6 is 0 Å². The normalized spacial score (nSPS) is 17.9. The number of nitrogens with zero attached hydrogens (tertiary/aromatic N) is 2. The van der Waals surface area contributed by atoms with Crippen LogP contribution in [0, 0.1) is 21.7 Å². The average molecular weight is 400 g/mol. The number of halogens is 2. The molecule has 0 aliphatic carbocycles. The van der Waals surface area contributed by atoms with Crippen LogP contribution in [0.25, 0.3) is 0 Å². The van der Waals surface area contributed by atoms with Gasteiger partial charge in [-0.25, -0.2) is 13.8 Å². The summed E-state index contributed by atoms with van der Waals surface area (Å²) in [4.78, 5) is 14.0. The van der Waals surface area contributed by atoms with E-state index >= 15 is 0 Å². The molecule has 0 radical (unpaired) electrons. The van der Waals surface area contributed by atoms with Gasteiger partial charge >= 0.3 is 0 Å². The van der Waals surface area contributed by atoms with E-state index in [0.717, 1.165) is 18.3 Å². The molecule has 0 bridgehead atoms. The number of hydrogen-bond donors (Lipinski definition) is 1. The number of aliphatic hydroxyl groups excluding tert-OH is 1. The van der Waals surface area contributed by atoms with Gasteiger partial charge in [0.05, 0.1) is 16.6 Å². The van der Waals surface area contributed by atoms with E-state index in [9.17, 15) is 24.0 Å². The zero-order valence-electron chi connectivity index (χ0n) is 14.8. The number of aliphatic hydroxyl groups is 1. The number of aromatic nitrogens is 1. The second-order valence-corrected chi connectivity index (χ2v) is 6.41. The molecule has 3 aromatic rings. The molecular formula is C20H14F2N2O5. The van der Waals surface area contributed by atoms with Gasteiger partial charge in [0.2, 0.25) is 5.88 Å². The summed E-state index contributed by atoms with van der Waals surface area (Å²) in [6, 6.07) is 10.7. The van der Waals surface area contributed by atoms with Crippen molar-refractivity contribution in [3.63, 3.8) is 0 Å². The second-order valence-electron chi connectivity index (χ2n) is 6.41. The van der Waals surface area contributed by atoms with Crippen molar-refractivity contribution in [1.29, 1.82) is 0 Å². The molecule has 1 aliphatic heterocycles. The topological polar surface area (TPSA) is 94.7 Å². The molecule has 7 nitrogen and oxygen atoms in total. The lowest BCUT2D eigenvalue weighted by Crippen LogP contribution is -2.21. The van der Waals surface area contributed by atoms with Gasteiger partial charge in [0.25, 0.3) is 5.69 Å². The van der Waals surface area contributed by atoms with E-state index in [2.05, 4.69) is 4.98 Å². The van der Waals surface area contributed by atoms with Crippen LogP contribution in [-0.4, -0.2) is 15.0 Å². The fourth-order valence-corrected chi connectivity index (χ4v) is 3.15. The van der Waals surface area contributed by atoms with Crippen molar-refractivity contribution in [2.24, 2.45) is 0 Å². The minimum Gasteiger partial charge on any atom is -0.485 e. The maximum absolute atomic E-state index is 14.1. The van der Waals surface area contributed by atoms with E-state index < -0.39 is 28.8 Å². The molecule has 2 unspecified atom stereocenters. The molecular weight excluding hydrogens is 386 g/mol. The molecule has 0 spiro atoms. The lowest BCUT2D eigenvalue weighted by Gasteiger charge is -2.30. The molecule has 1 aliphatic rings. The summed E-state index contributed by atoms with van der Waals surface area (Å²) in [5, 5.41) is 21.2. The first-order valence-electron chi connectivity index (χ1n) is 8.63. The highest BCUT2D eigenvalue weighted by molar-refractivity contribution is 5.45. The Morgan fingerprint density at radius 1 is 1.17 bits per heavy atom. The molecule has 4 rings (SSSR count). The molecule has 0 saturated heterocycles. The molecule has 0 amide bonds. The van der Waals surface area contributed by atoms with E-state index in [4.69, 9.17) is 9.47 Å². The summed E-state index contributed by atoms with van der Waals surface area (Å²) in [6.07, 6.45) is -0.971. The molecule has 1 aromatic heterocycles. The number of ether oxygens (including phenoxy) is 2. The Balaban J connectivity index is 1.57. The third-order valence-corrected chi connectivity index (χ3v) is 4.52. The highest BCUT2D eigenvalue weighted by Gasteiger charge is 2.32. The van der Waals surface area contributed by atoms with Gasteiger partial charge in [-0.15, -0.1) is 0 Å². The largest absolute Gasteiger partial charge is 0.485 e. The van der Waals surface area contributed by atoms with Gasteiger partial charge in [-0.2, -0.15) is 0 Å². The molecule has 0 fully saturated rings. The number of hydrogen-bond acceptors (Lipinski definition) is 6. The number of fused-ring (bicyclic) bond motifs is 1. The van der Waals surface area contributed by atoms with Crippen LogP contribution < -0.4 is 9.47 Å². The molecule has 2 heterocycles. The zero-order valence-corrected chi connectivity index (χ0v) is 14.8. The smallest absolute Gasteiger partial charge is 0.287 e. The van der Waals surface area contributed by atoms with Crippen molar-refractivity contribution < 1.29 is 28.3 Å². The first kappa shape index (κ1) is 18.8. The van der Waals surface area contributed by atoms with Gasteiger partial charge in [-0.05, 0) is 30.3 Å². The molecule has 9 heteroatoms. The summed E-state index contributed by atoms with van der Waals surface area (Å²) in [5.41, 5.74) is 0.00282. The minimum absolute atomic E-state index is 0.0376. The van der Waals surface area contributed by atoms with Crippen LogP contribution in [0.3, 0.4) is 0 Å². The highest BCUT2D eigenvalue weighted by Crippen LogP contribution is 2.43. The lowest BCUT2D eigenvalue weighted by atomic mass is 9.94. The quantitative estimate of drug-likeness (QED) is 0.507. The van der Waals surface area contributed by atoms with Gasteiger partial charge in [-0.1, -0.05) is 6.07 Å². The van der Waals surface area contributed by atoms with Gasteiger partial charge in [0.15, 0.2) is 0 Å². The van der Waals surface area contributed by atoms with E-state index in [1.165, 1.54) is 36.4 Å². The Hall–Kier alpha value is -3.59. The third-order valence-electron chi connectivity index (χ3n) is 4.52. The Morgan fingerprint density at radius 3 is 2.59 bits per heavy atom. The van der Waals surface area contributed by atoms with E-state index in [0.29, 0.717) is 11.3 Å².